The maximum absolute atomic E-state index is 14.9. The zero-order chi connectivity index (χ0) is 18.0. The van der Waals surface area contributed by atoms with Crippen LogP contribution in [0.15, 0.2) is 11.6 Å². The minimum atomic E-state index is -1.42. The van der Waals surface area contributed by atoms with E-state index in [0.717, 1.165) is 31.1 Å². The van der Waals surface area contributed by atoms with Crippen molar-refractivity contribution in [2.24, 2.45) is 40.4 Å². The second-order valence-corrected chi connectivity index (χ2v) is 9.75. The van der Waals surface area contributed by atoms with E-state index < -0.39 is 12.0 Å². The van der Waals surface area contributed by atoms with E-state index in [1.165, 1.54) is 25.7 Å². The summed E-state index contributed by atoms with van der Waals surface area (Å²) < 4.78 is 14.9. The van der Waals surface area contributed by atoms with Gasteiger partial charge in [-0.05, 0) is 73.0 Å². The molecule has 0 aromatic heterocycles. The summed E-state index contributed by atoms with van der Waals surface area (Å²) >= 11 is 0. The molecular weight excluding hydrogens is 315 g/mol. The van der Waals surface area contributed by atoms with Gasteiger partial charge in [0.1, 0.15) is 0 Å². The molecule has 1 N–H and O–H groups in total. The summed E-state index contributed by atoms with van der Waals surface area (Å²) in [7, 11) is 0. The van der Waals surface area contributed by atoms with Crippen LogP contribution in [0.25, 0.3) is 0 Å². The highest BCUT2D eigenvalue weighted by Gasteiger charge is 2.61. The zero-order valence-electron chi connectivity index (χ0n) is 15.9. The van der Waals surface area contributed by atoms with Gasteiger partial charge in [0.15, 0.2) is 12.0 Å². The Kier molecular flexibility index (Phi) is 4.18. The van der Waals surface area contributed by atoms with E-state index in [0.29, 0.717) is 22.8 Å². The first-order chi connectivity index (χ1) is 11.9. The third-order valence-corrected chi connectivity index (χ3v) is 9.11. The van der Waals surface area contributed by atoms with Crippen LogP contribution in [0.5, 0.6) is 0 Å². The summed E-state index contributed by atoms with van der Waals surface area (Å²) in [5.41, 5.74) is 0.514. The van der Waals surface area contributed by atoms with Crippen LogP contribution in [-0.4, -0.2) is 23.7 Å². The van der Waals surface area contributed by atoms with Crippen molar-refractivity contribution in [3.63, 3.8) is 0 Å². The van der Waals surface area contributed by atoms with Crippen molar-refractivity contribution in [1.82, 2.24) is 0 Å². The first-order valence-electron chi connectivity index (χ1n) is 10.4. The predicted octanol–water partition coefficient (Wildman–Crippen LogP) is 4.71. The standard InChI is InChI=1S/C22H33FO2/c1-4-14-5-7-16-15-6-8-18-19(23)20(25)13(12-24)11-22(18,3)17(15)9-10-21(14,16)2/h11,14-19,24H,4-10,12H2,1-3H3/t14-,15-,16-,17-,18-,19?,21+,22+/m0/s1. The first kappa shape index (κ1) is 17.7. The van der Waals surface area contributed by atoms with E-state index in [-0.39, 0.29) is 17.9 Å². The first-order valence-corrected chi connectivity index (χ1v) is 10.4. The summed E-state index contributed by atoms with van der Waals surface area (Å²) in [6, 6.07) is 0. The van der Waals surface area contributed by atoms with Crippen molar-refractivity contribution in [2.45, 2.75) is 71.9 Å². The average Bonchev–Trinajstić information content (AvgIpc) is 2.94. The topological polar surface area (TPSA) is 37.3 Å². The van der Waals surface area contributed by atoms with Crippen molar-refractivity contribution < 1.29 is 14.3 Å². The highest BCUT2D eigenvalue weighted by atomic mass is 19.1. The fourth-order valence-corrected chi connectivity index (χ4v) is 7.81. The van der Waals surface area contributed by atoms with Crippen LogP contribution in [0.4, 0.5) is 4.39 Å². The van der Waals surface area contributed by atoms with E-state index >= 15 is 0 Å². The van der Waals surface area contributed by atoms with Crippen LogP contribution < -0.4 is 0 Å². The summed E-state index contributed by atoms with van der Waals surface area (Å²) in [4.78, 5) is 12.2. The fourth-order valence-electron chi connectivity index (χ4n) is 7.81. The number of carbonyl (C=O) groups excluding carboxylic acids is 1. The molecule has 0 bridgehead atoms. The molecule has 25 heavy (non-hydrogen) atoms. The highest BCUT2D eigenvalue weighted by molar-refractivity contribution is 6.00. The molecule has 2 nitrogen and oxygen atoms in total. The van der Waals surface area contributed by atoms with Crippen molar-refractivity contribution in [2.75, 3.05) is 6.61 Å². The average molecular weight is 349 g/mol. The molecule has 140 valence electrons. The Morgan fingerprint density at radius 3 is 2.52 bits per heavy atom. The Morgan fingerprint density at radius 1 is 1.12 bits per heavy atom. The molecule has 0 amide bonds. The van der Waals surface area contributed by atoms with Gasteiger partial charge >= 0.3 is 0 Å². The van der Waals surface area contributed by atoms with E-state index in [4.69, 9.17) is 0 Å². The maximum Gasteiger partial charge on any atom is 0.195 e. The molecule has 1 unspecified atom stereocenters. The van der Waals surface area contributed by atoms with Crippen molar-refractivity contribution in [1.29, 1.82) is 0 Å². The third kappa shape index (κ3) is 2.27. The van der Waals surface area contributed by atoms with Gasteiger partial charge in [-0.25, -0.2) is 4.39 Å². The van der Waals surface area contributed by atoms with Gasteiger partial charge < -0.3 is 5.11 Å². The molecule has 3 saturated carbocycles. The Hall–Kier alpha value is -0.700. The number of hydrogen-bond donors (Lipinski definition) is 1. The minimum Gasteiger partial charge on any atom is -0.392 e. The Morgan fingerprint density at radius 2 is 1.84 bits per heavy atom. The Labute approximate surface area is 151 Å². The zero-order valence-corrected chi connectivity index (χ0v) is 15.9. The van der Waals surface area contributed by atoms with E-state index in [9.17, 15) is 14.3 Å². The van der Waals surface area contributed by atoms with Crippen LogP contribution >= 0.6 is 0 Å². The predicted molar refractivity (Wildman–Crippen MR) is 96.7 cm³/mol. The Balaban J connectivity index is 1.70. The largest absolute Gasteiger partial charge is 0.392 e. The molecule has 0 heterocycles. The van der Waals surface area contributed by atoms with Crippen LogP contribution in [0.3, 0.4) is 0 Å². The lowest BCUT2D eigenvalue weighted by Gasteiger charge is -2.59. The number of fused-ring (bicyclic) bond motifs is 5. The van der Waals surface area contributed by atoms with Crippen molar-refractivity contribution in [3.05, 3.63) is 11.6 Å². The van der Waals surface area contributed by atoms with Gasteiger partial charge in [-0.1, -0.05) is 33.3 Å². The van der Waals surface area contributed by atoms with Gasteiger partial charge in [0.05, 0.1) is 6.61 Å². The number of halogens is 1. The maximum atomic E-state index is 14.9. The number of rotatable bonds is 2. The van der Waals surface area contributed by atoms with Crippen molar-refractivity contribution in [3.8, 4) is 0 Å². The monoisotopic (exact) mass is 348 g/mol. The molecule has 4 aliphatic rings. The summed E-state index contributed by atoms with van der Waals surface area (Å²) in [5, 5.41) is 9.58. The van der Waals surface area contributed by atoms with Gasteiger partial charge in [0.25, 0.3) is 0 Å². The van der Waals surface area contributed by atoms with Crippen LogP contribution in [-0.2, 0) is 4.79 Å². The lowest BCUT2D eigenvalue weighted by molar-refractivity contribution is -0.135. The van der Waals surface area contributed by atoms with Crippen LogP contribution in [0.1, 0.15) is 65.7 Å². The van der Waals surface area contributed by atoms with Gasteiger partial charge in [-0.15, -0.1) is 0 Å². The molecule has 4 rings (SSSR count). The van der Waals surface area contributed by atoms with E-state index in [1.54, 1.807) is 0 Å². The fraction of sp³-hybridized carbons (Fsp3) is 0.864. The lowest BCUT2D eigenvalue weighted by atomic mass is 9.45. The molecule has 3 fully saturated rings. The van der Waals surface area contributed by atoms with Gasteiger partial charge in [-0.3, -0.25) is 4.79 Å². The molecule has 0 aromatic carbocycles. The number of allylic oxidation sites excluding steroid dienone is 1. The number of alkyl halides is 1. The molecule has 0 saturated heterocycles. The minimum absolute atomic E-state index is 0.190. The van der Waals surface area contributed by atoms with E-state index in [2.05, 4.69) is 20.8 Å². The molecule has 0 spiro atoms. The van der Waals surface area contributed by atoms with Crippen molar-refractivity contribution >= 4 is 5.78 Å². The number of carbonyl (C=O) groups is 1. The third-order valence-electron chi connectivity index (χ3n) is 9.11. The lowest BCUT2D eigenvalue weighted by Crippen LogP contribution is -2.55. The molecule has 8 atom stereocenters. The summed E-state index contributed by atoms with van der Waals surface area (Å²) in [6.07, 6.45) is 8.82. The number of Topliss-reactive ketones (excluding diaryl/α,β-unsaturated/α-hetero) is 1. The normalized spacial score (nSPS) is 52.2. The molecule has 0 radical (unpaired) electrons. The smallest absolute Gasteiger partial charge is 0.195 e. The Bertz CT molecular complexity index is 599. The molecule has 4 aliphatic carbocycles. The summed E-state index contributed by atoms with van der Waals surface area (Å²) in [5.74, 6) is 2.08. The number of hydrogen-bond acceptors (Lipinski definition) is 2. The van der Waals surface area contributed by atoms with Gasteiger partial charge in [0, 0.05) is 11.5 Å². The van der Waals surface area contributed by atoms with Crippen LogP contribution in [0.2, 0.25) is 0 Å². The number of ketones is 1. The highest BCUT2D eigenvalue weighted by Crippen LogP contribution is 2.67. The molecule has 3 heteroatoms. The van der Waals surface area contributed by atoms with E-state index in [1.807, 2.05) is 6.08 Å². The van der Waals surface area contributed by atoms with Gasteiger partial charge in [-0.2, -0.15) is 0 Å². The molecular formula is C22H33FO2. The molecule has 0 aliphatic heterocycles. The van der Waals surface area contributed by atoms with Gasteiger partial charge in [0.2, 0.25) is 0 Å². The second kappa shape index (κ2) is 5.90. The quantitative estimate of drug-likeness (QED) is 0.784. The number of aliphatic hydroxyl groups is 1. The second-order valence-electron chi connectivity index (χ2n) is 9.75. The summed E-state index contributed by atoms with van der Waals surface area (Å²) in [6.45, 7) is 6.70. The van der Waals surface area contributed by atoms with Crippen LogP contribution in [0, 0.1) is 40.4 Å². The SMILES string of the molecule is CC[C@H]1CC[C@H]2[C@@H]3CC[C@H]4C(F)C(=O)C(CO)=C[C@]4(C)[C@H]3CC[C@]12C. The number of aliphatic hydroxyl groups excluding tert-OH is 1. The molecule has 0 aromatic rings.